The van der Waals surface area contributed by atoms with Crippen LogP contribution in [0.25, 0.3) is 10.8 Å². The van der Waals surface area contributed by atoms with E-state index in [1.165, 1.54) is 18.2 Å². The van der Waals surface area contributed by atoms with Gasteiger partial charge in [-0.25, -0.2) is 22.0 Å². The van der Waals surface area contributed by atoms with Gasteiger partial charge in [-0.3, -0.25) is 0 Å². The smallest absolute Gasteiger partial charge is 0.195 e. The van der Waals surface area contributed by atoms with Gasteiger partial charge in [-0.05, 0) is 60.0 Å². The lowest BCUT2D eigenvalue weighted by molar-refractivity contribution is 0.363. The molecule has 0 bridgehead atoms. The van der Waals surface area contributed by atoms with Crippen molar-refractivity contribution in [1.29, 1.82) is 0 Å². The summed E-state index contributed by atoms with van der Waals surface area (Å²) < 4.78 is 75.2. The van der Waals surface area contributed by atoms with Crippen LogP contribution in [0.4, 0.5) is 22.0 Å². The van der Waals surface area contributed by atoms with Crippen LogP contribution < -0.4 is 4.74 Å². The second-order valence-corrected chi connectivity index (χ2v) is 7.36. The highest BCUT2D eigenvalue weighted by Crippen LogP contribution is 2.24. The van der Waals surface area contributed by atoms with E-state index in [1.807, 2.05) is 0 Å². The second-order valence-electron chi connectivity index (χ2n) is 7.36. The van der Waals surface area contributed by atoms with Crippen molar-refractivity contribution in [1.82, 2.24) is 0 Å². The highest BCUT2D eigenvalue weighted by molar-refractivity contribution is 5.84. The van der Waals surface area contributed by atoms with E-state index in [4.69, 9.17) is 4.74 Å². The van der Waals surface area contributed by atoms with Crippen LogP contribution in [0.1, 0.15) is 22.3 Å². The van der Waals surface area contributed by atoms with Gasteiger partial charge in [-0.15, -0.1) is 0 Å². The minimum absolute atomic E-state index is 0.0695. The Morgan fingerprint density at radius 3 is 1.97 bits per heavy atom. The average Bonchev–Trinajstić information content (AvgIpc) is 2.85. The number of rotatable bonds is 3. The molecule has 6 heteroatoms. The molecule has 0 saturated heterocycles. The molecule has 0 saturated carbocycles. The summed E-state index contributed by atoms with van der Waals surface area (Å²) >= 11 is 0. The number of halogens is 5. The molecular formula is C29H15F5O. The molecule has 1 nitrogen and oxygen atoms in total. The van der Waals surface area contributed by atoms with Crippen molar-refractivity contribution < 1.29 is 26.7 Å². The SMILES string of the molecule is C=CCOc1ccc(C#Cc2cc(F)c(C#Cc3ccc4c(F)c(F)c(F)cc4c3)c(F)c2)cc1. The van der Waals surface area contributed by atoms with Crippen LogP contribution in [-0.4, -0.2) is 6.61 Å². The summed E-state index contributed by atoms with van der Waals surface area (Å²) in [6.07, 6.45) is 1.62. The molecule has 4 aromatic rings. The fraction of sp³-hybridized carbons (Fsp3) is 0.0345. The largest absolute Gasteiger partial charge is 0.490 e. The average molecular weight is 474 g/mol. The van der Waals surface area contributed by atoms with Crippen molar-refractivity contribution in [3.63, 3.8) is 0 Å². The molecule has 0 aliphatic heterocycles. The van der Waals surface area contributed by atoms with Crippen molar-refractivity contribution in [2.45, 2.75) is 0 Å². The summed E-state index contributed by atoms with van der Waals surface area (Å²) in [4.78, 5) is 0. The van der Waals surface area contributed by atoms with Crippen molar-refractivity contribution in [3.8, 4) is 29.4 Å². The summed E-state index contributed by atoms with van der Waals surface area (Å²) in [6, 6.07) is 13.7. The molecule has 0 N–H and O–H groups in total. The van der Waals surface area contributed by atoms with E-state index < -0.39 is 34.6 Å². The number of benzene rings is 4. The predicted molar refractivity (Wildman–Crippen MR) is 124 cm³/mol. The Bertz CT molecular complexity index is 1540. The summed E-state index contributed by atoms with van der Waals surface area (Å²) in [7, 11) is 0. The Morgan fingerprint density at radius 2 is 1.29 bits per heavy atom. The van der Waals surface area contributed by atoms with E-state index >= 15 is 0 Å². The zero-order valence-electron chi connectivity index (χ0n) is 18.1. The maximum absolute atomic E-state index is 14.5. The van der Waals surface area contributed by atoms with Gasteiger partial charge < -0.3 is 4.74 Å². The molecule has 4 aromatic carbocycles. The summed E-state index contributed by atoms with van der Waals surface area (Å²) in [6.45, 7) is 3.94. The predicted octanol–water partition coefficient (Wildman–Crippen LogP) is 6.90. The summed E-state index contributed by atoms with van der Waals surface area (Å²) in [5.74, 6) is 5.09. The van der Waals surface area contributed by atoms with Gasteiger partial charge >= 0.3 is 0 Å². The molecule has 0 amide bonds. The number of hydrogen-bond acceptors (Lipinski definition) is 1. The highest BCUT2D eigenvalue weighted by Gasteiger charge is 2.13. The van der Waals surface area contributed by atoms with Crippen LogP contribution in [0.5, 0.6) is 5.75 Å². The van der Waals surface area contributed by atoms with Crippen LogP contribution in [-0.2, 0) is 0 Å². The zero-order chi connectivity index (χ0) is 24.9. The zero-order valence-corrected chi connectivity index (χ0v) is 18.1. The molecule has 0 aromatic heterocycles. The molecule has 0 heterocycles. The molecular weight excluding hydrogens is 459 g/mol. The second kappa shape index (κ2) is 10.2. The summed E-state index contributed by atoms with van der Waals surface area (Å²) in [5.41, 5.74) is 0.517. The van der Waals surface area contributed by atoms with E-state index in [1.54, 1.807) is 30.3 Å². The molecule has 4 rings (SSSR count). The topological polar surface area (TPSA) is 9.23 Å². The molecule has 172 valence electrons. The van der Waals surface area contributed by atoms with E-state index in [0.717, 1.165) is 18.2 Å². The van der Waals surface area contributed by atoms with Gasteiger partial charge in [-0.1, -0.05) is 42.4 Å². The monoisotopic (exact) mass is 474 g/mol. The quantitative estimate of drug-likeness (QED) is 0.136. The van der Waals surface area contributed by atoms with Crippen molar-refractivity contribution in [2.75, 3.05) is 6.61 Å². The highest BCUT2D eigenvalue weighted by atomic mass is 19.2. The van der Waals surface area contributed by atoms with Crippen molar-refractivity contribution >= 4 is 10.8 Å². The van der Waals surface area contributed by atoms with E-state index in [9.17, 15) is 22.0 Å². The minimum Gasteiger partial charge on any atom is -0.490 e. The third-order valence-electron chi connectivity index (χ3n) is 4.92. The van der Waals surface area contributed by atoms with Gasteiger partial charge in [0.15, 0.2) is 17.5 Å². The Balaban J connectivity index is 1.57. The first-order chi connectivity index (χ1) is 16.9. The third kappa shape index (κ3) is 5.34. The number of hydrogen-bond donors (Lipinski definition) is 0. The summed E-state index contributed by atoms with van der Waals surface area (Å²) in [5, 5.41) is -0.0614. The normalized spacial score (nSPS) is 10.2. The van der Waals surface area contributed by atoms with Crippen LogP contribution in [0.15, 0.2) is 73.3 Å². The molecule has 0 atom stereocenters. The molecule has 0 radical (unpaired) electrons. The van der Waals surface area contributed by atoms with Gasteiger partial charge in [0.25, 0.3) is 0 Å². The van der Waals surface area contributed by atoms with Crippen LogP contribution in [0.2, 0.25) is 0 Å². The van der Waals surface area contributed by atoms with Gasteiger partial charge in [0.05, 0.1) is 5.56 Å². The van der Waals surface area contributed by atoms with Crippen LogP contribution >= 0.6 is 0 Å². The lowest BCUT2D eigenvalue weighted by atomic mass is 10.1. The van der Waals surface area contributed by atoms with E-state index in [-0.39, 0.29) is 21.9 Å². The molecule has 0 unspecified atom stereocenters. The lowest BCUT2D eigenvalue weighted by Gasteiger charge is -2.03. The first-order valence-corrected chi connectivity index (χ1v) is 10.3. The standard InChI is InChI=1S/C29H15F5O/c1-2-13-35-22-9-5-18(6-10-22)3-4-20-15-25(30)24(26(31)16-20)12-8-19-7-11-23-21(14-19)17-27(32)29(34)28(23)33/h2,5-7,9-11,14-17H,1,13H2. The lowest BCUT2D eigenvalue weighted by Crippen LogP contribution is -1.93. The van der Waals surface area contributed by atoms with Gasteiger partial charge in [0.2, 0.25) is 0 Å². The molecule has 0 fully saturated rings. The molecule has 0 spiro atoms. The maximum atomic E-state index is 14.5. The fourth-order valence-electron chi connectivity index (χ4n) is 3.22. The molecule has 0 aliphatic carbocycles. The molecule has 35 heavy (non-hydrogen) atoms. The Hall–Kier alpha value is -4.55. The first kappa shape index (κ1) is 23.6. The van der Waals surface area contributed by atoms with Gasteiger partial charge in [-0.2, -0.15) is 0 Å². The van der Waals surface area contributed by atoms with Crippen molar-refractivity contribution in [2.24, 2.45) is 0 Å². The number of ether oxygens (including phenoxy) is 1. The fourth-order valence-corrected chi connectivity index (χ4v) is 3.22. The Kier molecular flexibility index (Phi) is 6.85. The molecule has 0 aliphatic rings. The van der Waals surface area contributed by atoms with E-state index in [0.29, 0.717) is 17.9 Å². The van der Waals surface area contributed by atoms with Gasteiger partial charge in [0.1, 0.15) is 24.0 Å². The van der Waals surface area contributed by atoms with Crippen LogP contribution in [0, 0.1) is 52.8 Å². The number of fused-ring (bicyclic) bond motifs is 1. The van der Waals surface area contributed by atoms with E-state index in [2.05, 4.69) is 30.3 Å². The van der Waals surface area contributed by atoms with Crippen molar-refractivity contribution in [3.05, 3.63) is 125 Å². The van der Waals surface area contributed by atoms with Crippen LogP contribution in [0.3, 0.4) is 0 Å². The first-order valence-electron chi connectivity index (χ1n) is 10.3. The minimum atomic E-state index is -1.57. The third-order valence-corrected chi connectivity index (χ3v) is 4.92. The van der Waals surface area contributed by atoms with Gasteiger partial charge in [0, 0.05) is 22.1 Å². The Morgan fingerprint density at radius 1 is 0.657 bits per heavy atom. The Labute approximate surface area is 198 Å². The maximum Gasteiger partial charge on any atom is 0.195 e.